The summed E-state index contributed by atoms with van der Waals surface area (Å²) in [4.78, 5) is 13.9. The fourth-order valence-corrected chi connectivity index (χ4v) is 2.09. The summed E-state index contributed by atoms with van der Waals surface area (Å²) in [6.45, 7) is 2.07. The summed E-state index contributed by atoms with van der Waals surface area (Å²) >= 11 is 0. The van der Waals surface area contributed by atoms with E-state index in [-0.39, 0.29) is 18.3 Å². The van der Waals surface area contributed by atoms with Crippen LogP contribution in [0.25, 0.3) is 0 Å². The Balaban J connectivity index is 2.19. The van der Waals surface area contributed by atoms with E-state index in [1.807, 2.05) is 6.92 Å². The van der Waals surface area contributed by atoms with Gasteiger partial charge < -0.3 is 10.6 Å². The largest absolute Gasteiger partial charge is 0.399 e. The minimum Gasteiger partial charge on any atom is -0.399 e. The summed E-state index contributed by atoms with van der Waals surface area (Å²) in [6, 6.07) is 11.6. The average molecular weight is 272 g/mol. The molecule has 2 rings (SSSR count). The molecule has 104 valence electrons. The van der Waals surface area contributed by atoms with Gasteiger partial charge in [0.2, 0.25) is 0 Å². The average Bonchev–Trinajstić information content (AvgIpc) is 2.40. The Bertz CT molecular complexity index is 640. The third kappa shape index (κ3) is 2.96. The lowest BCUT2D eigenvalue weighted by atomic mass is 10.1. The van der Waals surface area contributed by atoms with Crippen molar-refractivity contribution >= 4 is 11.6 Å². The lowest BCUT2D eigenvalue weighted by Crippen LogP contribution is -2.27. The first kappa shape index (κ1) is 14.1. The van der Waals surface area contributed by atoms with E-state index in [0.717, 1.165) is 5.56 Å². The summed E-state index contributed by atoms with van der Waals surface area (Å²) in [5.74, 6) is -0.452. The number of benzene rings is 2. The zero-order chi connectivity index (χ0) is 14.7. The topological polar surface area (TPSA) is 46.3 Å². The van der Waals surface area contributed by atoms with E-state index in [2.05, 4.69) is 0 Å². The first-order chi connectivity index (χ1) is 9.49. The maximum absolute atomic E-state index is 13.6. The highest BCUT2D eigenvalue weighted by Gasteiger charge is 2.15. The molecule has 0 aliphatic carbocycles. The van der Waals surface area contributed by atoms with E-state index >= 15 is 0 Å². The molecule has 2 aromatic rings. The molecule has 20 heavy (non-hydrogen) atoms. The van der Waals surface area contributed by atoms with E-state index < -0.39 is 0 Å². The van der Waals surface area contributed by atoms with Gasteiger partial charge in [-0.3, -0.25) is 4.79 Å². The van der Waals surface area contributed by atoms with Crippen molar-refractivity contribution < 1.29 is 9.18 Å². The molecule has 0 unspecified atom stereocenters. The first-order valence-corrected chi connectivity index (χ1v) is 6.34. The Labute approximate surface area is 117 Å². The SMILES string of the molecule is Cc1cc(N)ccc1C(=O)N(C)Cc1ccccc1F. The number of hydrogen-bond donors (Lipinski definition) is 1. The van der Waals surface area contributed by atoms with Crippen LogP contribution in [0.5, 0.6) is 0 Å². The summed E-state index contributed by atoms with van der Waals surface area (Å²) in [6.07, 6.45) is 0. The highest BCUT2D eigenvalue weighted by atomic mass is 19.1. The molecule has 0 bridgehead atoms. The number of halogens is 1. The third-order valence-electron chi connectivity index (χ3n) is 3.19. The number of nitrogens with two attached hydrogens (primary N) is 1. The van der Waals surface area contributed by atoms with Gasteiger partial charge in [-0.2, -0.15) is 0 Å². The van der Waals surface area contributed by atoms with Gasteiger partial charge in [-0.25, -0.2) is 4.39 Å². The smallest absolute Gasteiger partial charge is 0.254 e. The Hall–Kier alpha value is -2.36. The molecule has 0 fully saturated rings. The van der Waals surface area contributed by atoms with E-state index in [9.17, 15) is 9.18 Å². The highest BCUT2D eigenvalue weighted by molar-refractivity contribution is 5.95. The number of amides is 1. The second-order valence-corrected chi connectivity index (χ2v) is 4.83. The van der Waals surface area contributed by atoms with Gasteiger partial charge in [-0.05, 0) is 36.8 Å². The van der Waals surface area contributed by atoms with Crippen molar-refractivity contribution in [3.63, 3.8) is 0 Å². The van der Waals surface area contributed by atoms with Crippen LogP contribution in [-0.2, 0) is 6.54 Å². The predicted octanol–water partition coefficient (Wildman–Crippen LogP) is 2.99. The molecule has 0 aromatic heterocycles. The van der Waals surface area contributed by atoms with Crippen LogP contribution in [-0.4, -0.2) is 17.9 Å². The van der Waals surface area contributed by atoms with Gasteiger partial charge in [0.25, 0.3) is 5.91 Å². The molecule has 0 saturated heterocycles. The molecular formula is C16H17FN2O. The van der Waals surface area contributed by atoms with Crippen molar-refractivity contribution in [3.05, 3.63) is 65.0 Å². The number of carbonyl (C=O) groups excluding carboxylic acids is 1. The number of nitrogen functional groups attached to an aromatic ring is 1. The van der Waals surface area contributed by atoms with Crippen LogP contribution in [0.15, 0.2) is 42.5 Å². The van der Waals surface area contributed by atoms with Crippen LogP contribution in [0.3, 0.4) is 0 Å². The fourth-order valence-electron chi connectivity index (χ4n) is 2.09. The Morgan fingerprint density at radius 3 is 2.60 bits per heavy atom. The van der Waals surface area contributed by atoms with Gasteiger partial charge in [0.1, 0.15) is 5.82 Å². The molecule has 0 radical (unpaired) electrons. The molecule has 0 heterocycles. The van der Waals surface area contributed by atoms with Gasteiger partial charge in [0.15, 0.2) is 0 Å². The van der Waals surface area contributed by atoms with E-state index in [4.69, 9.17) is 5.73 Å². The van der Waals surface area contributed by atoms with Gasteiger partial charge in [-0.15, -0.1) is 0 Å². The van der Waals surface area contributed by atoms with Crippen molar-refractivity contribution in [1.82, 2.24) is 4.90 Å². The number of aryl methyl sites for hydroxylation is 1. The molecule has 4 heteroatoms. The number of anilines is 1. The Morgan fingerprint density at radius 2 is 1.95 bits per heavy atom. The summed E-state index contributed by atoms with van der Waals surface area (Å²) in [7, 11) is 1.66. The van der Waals surface area contributed by atoms with E-state index in [1.54, 1.807) is 43.4 Å². The van der Waals surface area contributed by atoms with Gasteiger partial charge >= 0.3 is 0 Å². The van der Waals surface area contributed by atoms with Crippen molar-refractivity contribution in [2.24, 2.45) is 0 Å². The molecule has 0 aliphatic heterocycles. The molecule has 0 atom stereocenters. The minimum absolute atomic E-state index is 0.147. The first-order valence-electron chi connectivity index (χ1n) is 6.34. The standard InChI is InChI=1S/C16H17FN2O/c1-11-9-13(18)7-8-14(11)16(20)19(2)10-12-5-3-4-6-15(12)17/h3-9H,10,18H2,1-2H3. The van der Waals surface area contributed by atoms with Crippen LogP contribution in [0.1, 0.15) is 21.5 Å². The zero-order valence-electron chi connectivity index (χ0n) is 11.6. The second kappa shape index (κ2) is 5.74. The van der Waals surface area contributed by atoms with Crippen molar-refractivity contribution in [2.75, 3.05) is 12.8 Å². The lowest BCUT2D eigenvalue weighted by molar-refractivity contribution is 0.0783. The summed E-state index contributed by atoms with van der Waals surface area (Å²) < 4.78 is 13.6. The number of rotatable bonds is 3. The second-order valence-electron chi connectivity index (χ2n) is 4.83. The Morgan fingerprint density at radius 1 is 1.25 bits per heavy atom. The predicted molar refractivity (Wildman–Crippen MR) is 77.8 cm³/mol. The van der Waals surface area contributed by atoms with Crippen LogP contribution < -0.4 is 5.73 Å². The van der Waals surface area contributed by atoms with Crippen molar-refractivity contribution in [2.45, 2.75) is 13.5 Å². The summed E-state index contributed by atoms with van der Waals surface area (Å²) in [5, 5.41) is 0. The zero-order valence-corrected chi connectivity index (χ0v) is 11.6. The molecule has 2 aromatic carbocycles. The fraction of sp³-hybridized carbons (Fsp3) is 0.188. The quantitative estimate of drug-likeness (QED) is 0.873. The normalized spacial score (nSPS) is 10.3. The maximum atomic E-state index is 13.6. The monoisotopic (exact) mass is 272 g/mol. The van der Waals surface area contributed by atoms with Gasteiger partial charge in [-0.1, -0.05) is 18.2 Å². The molecule has 1 amide bonds. The van der Waals surface area contributed by atoms with Gasteiger partial charge in [0.05, 0.1) is 0 Å². The molecule has 3 nitrogen and oxygen atoms in total. The Kier molecular flexibility index (Phi) is 4.03. The van der Waals surface area contributed by atoms with Crippen LogP contribution in [0.4, 0.5) is 10.1 Å². The highest BCUT2D eigenvalue weighted by Crippen LogP contribution is 2.16. The van der Waals surface area contributed by atoms with Gasteiger partial charge in [0, 0.05) is 30.4 Å². The minimum atomic E-state index is -0.304. The number of nitrogens with zero attached hydrogens (tertiary/aromatic N) is 1. The third-order valence-corrected chi connectivity index (χ3v) is 3.19. The number of carbonyl (C=O) groups is 1. The van der Waals surface area contributed by atoms with E-state index in [0.29, 0.717) is 16.8 Å². The van der Waals surface area contributed by atoms with Crippen LogP contribution in [0, 0.1) is 12.7 Å². The molecular weight excluding hydrogens is 255 g/mol. The van der Waals surface area contributed by atoms with Crippen LogP contribution >= 0.6 is 0 Å². The molecule has 0 aliphatic rings. The maximum Gasteiger partial charge on any atom is 0.254 e. The van der Waals surface area contributed by atoms with Crippen molar-refractivity contribution in [3.8, 4) is 0 Å². The number of hydrogen-bond acceptors (Lipinski definition) is 2. The van der Waals surface area contributed by atoms with E-state index in [1.165, 1.54) is 11.0 Å². The lowest BCUT2D eigenvalue weighted by Gasteiger charge is -2.19. The molecule has 2 N–H and O–H groups in total. The van der Waals surface area contributed by atoms with Crippen molar-refractivity contribution in [1.29, 1.82) is 0 Å². The molecule has 0 spiro atoms. The summed E-state index contributed by atoms with van der Waals surface area (Å²) in [5.41, 5.74) is 8.19. The van der Waals surface area contributed by atoms with Crippen LogP contribution in [0.2, 0.25) is 0 Å². The molecule has 0 saturated carbocycles.